The van der Waals surface area contributed by atoms with Gasteiger partial charge in [-0.2, -0.15) is 10.1 Å². The summed E-state index contributed by atoms with van der Waals surface area (Å²) in [4.78, 5) is 8.82. The van der Waals surface area contributed by atoms with Crippen LogP contribution in [0.1, 0.15) is 24.2 Å². The lowest BCUT2D eigenvalue weighted by Gasteiger charge is -2.23. The predicted molar refractivity (Wildman–Crippen MR) is 85.5 cm³/mol. The second-order valence-corrected chi connectivity index (χ2v) is 5.62. The second kappa shape index (κ2) is 6.31. The molecule has 2 aromatic heterocycles. The van der Waals surface area contributed by atoms with Crippen molar-refractivity contribution in [2.24, 2.45) is 7.05 Å². The Morgan fingerprint density at radius 3 is 2.91 bits per heavy atom. The molecule has 1 aliphatic rings. The van der Waals surface area contributed by atoms with Crippen molar-refractivity contribution in [3.05, 3.63) is 23.7 Å². The van der Waals surface area contributed by atoms with Crippen LogP contribution in [-0.2, 0) is 11.8 Å². The van der Waals surface area contributed by atoms with Crippen LogP contribution in [0.3, 0.4) is 0 Å². The molecule has 0 spiro atoms. The quantitative estimate of drug-likeness (QED) is 0.901. The van der Waals surface area contributed by atoms with E-state index in [9.17, 15) is 0 Å². The molecule has 1 saturated heterocycles. The van der Waals surface area contributed by atoms with Crippen LogP contribution in [0.25, 0.3) is 0 Å². The molecule has 1 unspecified atom stereocenters. The molecule has 0 bridgehead atoms. The minimum Gasteiger partial charge on any atom is -0.379 e. The van der Waals surface area contributed by atoms with Crippen molar-refractivity contribution in [2.45, 2.75) is 32.7 Å². The molecule has 2 aromatic rings. The predicted octanol–water partition coefficient (Wildman–Crippen LogP) is 2.16. The number of aromatic nitrogens is 4. The van der Waals surface area contributed by atoms with Gasteiger partial charge in [-0.3, -0.25) is 4.68 Å². The maximum Gasteiger partial charge on any atom is 0.229 e. The second-order valence-electron chi connectivity index (χ2n) is 5.62. The van der Waals surface area contributed by atoms with Gasteiger partial charge in [-0.1, -0.05) is 0 Å². The zero-order valence-corrected chi connectivity index (χ0v) is 13.3. The molecular weight excluding hydrogens is 280 g/mol. The fourth-order valence-electron chi connectivity index (χ4n) is 2.63. The Morgan fingerprint density at radius 2 is 2.23 bits per heavy atom. The van der Waals surface area contributed by atoms with E-state index in [2.05, 4.69) is 25.7 Å². The summed E-state index contributed by atoms with van der Waals surface area (Å²) < 4.78 is 7.33. The summed E-state index contributed by atoms with van der Waals surface area (Å²) in [5.41, 5.74) is 2.95. The molecule has 0 aromatic carbocycles. The third kappa shape index (κ3) is 3.19. The fourth-order valence-corrected chi connectivity index (χ4v) is 2.63. The monoisotopic (exact) mass is 302 g/mol. The number of ether oxygens (including phenoxy) is 1. The first-order valence-electron chi connectivity index (χ1n) is 7.58. The number of hydrogen-bond acceptors (Lipinski definition) is 6. The molecule has 7 nitrogen and oxygen atoms in total. The largest absolute Gasteiger partial charge is 0.379 e. The Bertz CT molecular complexity index is 647. The smallest absolute Gasteiger partial charge is 0.229 e. The maximum absolute atomic E-state index is 5.48. The molecule has 0 radical (unpaired) electrons. The lowest BCUT2D eigenvalue weighted by atomic mass is 10.1. The summed E-state index contributed by atoms with van der Waals surface area (Å²) in [6, 6.07) is 2.20. The van der Waals surface area contributed by atoms with Crippen LogP contribution in [0.15, 0.2) is 12.3 Å². The fraction of sp³-hybridized carbons (Fsp3) is 0.533. The number of nitrogens with one attached hydrogen (secondary N) is 2. The van der Waals surface area contributed by atoms with Crippen LogP contribution in [0.5, 0.6) is 0 Å². The van der Waals surface area contributed by atoms with E-state index in [0.717, 1.165) is 48.9 Å². The van der Waals surface area contributed by atoms with Crippen LogP contribution in [0.4, 0.5) is 17.5 Å². The molecule has 3 heterocycles. The average Bonchev–Trinajstić information content (AvgIpc) is 2.75. The first-order valence-corrected chi connectivity index (χ1v) is 7.58. The molecule has 2 N–H and O–H groups in total. The van der Waals surface area contributed by atoms with E-state index in [1.807, 2.05) is 31.6 Å². The highest BCUT2D eigenvalue weighted by Crippen LogP contribution is 2.22. The zero-order valence-electron chi connectivity index (χ0n) is 13.3. The Labute approximate surface area is 130 Å². The topological polar surface area (TPSA) is 76.9 Å². The van der Waals surface area contributed by atoms with E-state index in [1.165, 1.54) is 0 Å². The highest BCUT2D eigenvalue weighted by molar-refractivity contribution is 5.60. The third-order valence-corrected chi connectivity index (χ3v) is 3.91. The van der Waals surface area contributed by atoms with Crippen molar-refractivity contribution >= 4 is 17.5 Å². The molecule has 118 valence electrons. The van der Waals surface area contributed by atoms with Gasteiger partial charge in [0.1, 0.15) is 5.82 Å². The third-order valence-electron chi connectivity index (χ3n) is 3.91. The minimum absolute atomic E-state index is 0.318. The van der Waals surface area contributed by atoms with E-state index >= 15 is 0 Å². The Morgan fingerprint density at radius 1 is 1.36 bits per heavy atom. The first kappa shape index (κ1) is 14.8. The van der Waals surface area contributed by atoms with Gasteiger partial charge in [-0.15, -0.1) is 0 Å². The highest BCUT2D eigenvalue weighted by atomic mass is 16.5. The lowest BCUT2D eigenvalue weighted by Crippen LogP contribution is -2.30. The number of hydrogen-bond donors (Lipinski definition) is 2. The SMILES string of the molecule is Cc1nn(C)c(C)c1Nc1nccc(NC2CCCOC2)n1. The van der Waals surface area contributed by atoms with Gasteiger partial charge in [0.05, 0.1) is 29.7 Å². The standard InChI is InChI=1S/C15H22N6O/c1-10-14(11(2)21(3)20-10)19-15-16-7-6-13(18-15)17-12-5-4-8-22-9-12/h6-7,12H,4-5,8-9H2,1-3H3,(H2,16,17,18,19). The van der Waals surface area contributed by atoms with E-state index in [0.29, 0.717) is 12.0 Å². The Hall–Kier alpha value is -2.15. The molecule has 3 rings (SSSR count). The summed E-state index contributed by atoms with van der Waals surface area (Å²) in [5.74, 6) is 1.38. The van der Waals surface area contributed by atoms with Crippen molar-refractivity contribution in [1.29, 1.82) is 0 Å². The van der Waals surface area contributed by atoms with Crippen molar-refractivity contribution in [3.63, 3.8) is 0 Å². The van der Waals surface area contributed by atoms with Gasteiger partial charge < -0.3 is 15.4 Å². The van der Waals surface area contributed by atoms with Gasteiger partial charge in [0, 0.05) is 19.9 Å². The average molecular weight is 302 g/mol. The van der Waals surface area contributed by atoms with E-state index in [4.69, 9.17) is 4.74 Å². The molecule has 1 atom stereocenters. The van der Waals surface area contributed by atoms with Crippen molar-refractivity contribution in [1.82, 2.24) is 19.7 Å². The van der Waals surface area contributed by atoms with Crippen molar-refractivity contribution < 1.29 is 4.74 Å². The zero-order chi connectivity index (χ0) is 15.5. The van der Waals surface area contributed by atoms with Crippen molar-refractivity contribution in [2.75, 3.05) is 23.8 Å². The van der Waals surface area contributed by atoms with Gasteiger partial charge in [-0.25, -0.2) is 4.98 Å². The summed E-state index contributed by atoms with van der Waals surface area (Å²) in [6.07, 6.45) is 3.94. The summed E-state index contributed by atoms with van der Waals surface area (Å²) in [7, 11) is 1.93. The highest BCUT2D eigenvalue weighted by Gasteiger charge is 2.15. The minimum atomic E-state index is 0.318. The maximum atomic E-state index is 5.48. The van der Waals surface area contributed by atoms with Crippen molar-refractivity contribution in [3.8, 4) is 0 Å². The molecule has 0 amide bonds. The van der Waals surface area contributed by atoms with E-state index < -0.39 is 0 Å². The van der Waals surface area contributed by atoms with Crippen LogP contribution in [0, 0.1) is 13.8 Å². The van der Waals surface area contributed by atoms with Crippen LogP contribution >= 0.6 is 0 Å². The van der Waals surface area contributed by atoms with Gasteiger partial charge in [0.25, 0.3) is 0 Å². The summed E-state index contributed by atoms with van der Waals surface area (Å²) in [6.45, 7) is 5.57. The molecular formula is C15H22N6O. The van der Waals surface area contributed by atoms with E-state index in [1.54, 1.807) is 6.20 Å². The number of anilines is 3. The van der Waals surface area contributed by atoms with Crippen LogP contribution < -0.4 is 10.6 Å². The summed E-state index contributed by atoms with van der Waals surface area (Å²) >= 11 is 0. The number of nitrogens with zero attached hydrogens (tertiary/aromatic N) is 4. The Kier molecular flexibility index (Phi) is 4.24. The summed E-state index contributed by atoms with van der Waals surface area (Å²) in [5, 5.41) is 11.1. The first-order chi connectivity index (χ1) is 10.6. The lowest BCUT2D eigenvalue weighted by molar-refractivity contribution is 0.0875. The van der Waals surface area contributed by atoms with E-state index in [-0.39, 0.29) is 0 Å². The van der Waals surface area contributed by atoms with Gasteiger partial charge in [0.2, 0.25) is 5.95 Å². The number of aryl methyl sites for hydroxylation is 2. The van der Waals surface area contributed by atoms with Gasteiger partial charge in [-0.05, 0) is 32.8 Å². The molecule has 1 aliphatic heterocycles. The van der Waals surface area contributed by atoms with Crippen LogP contribution in [0.2, 0.25) is 0 Å². The van der Waals surface area contributed by atoms with Gasteiger partial charge in [0.15, 0.2) is 0 Å². The molecule has 22 heavy (non-hydrogen) atoms. The molecule has 0 aliphatic carbocycles. The molecule has 1 fully saturated rings. The normalized spacial score (nSPS) is 18.2. The molecule has 0 saturated carbocycles. The van der Waals surface area contributed by atoms with Crippen LogP contribution in [-0.4, -0.2) is 39.0 Å². The van der Waals surface area contributed by atoms with Gasteiger partial charge >= 0.3 is 0 Å². The Balaban J connectivity index is 1.73. The molecule has 7 heteroatoms. The number of rotatable bonds is 4.